The number of aliphatic carboxylic acids is 1. The number of hydrogen-bond donors (Lipinski definition) is 1. The zero-order valence-corrected chi connectivity index (χ0v) is 15.6. The van der Waals surface area contributed by atoms with E-state index in [0.29, 0.717) is 12.8 Å². The molecule has 2 aromatic rings. The molecule has 1 amide bonds. The molecule has 150 valence electrons. The van der Waals surface area contributed by atoms with Crippen LogP contribution in [0.15, 0.2) is 48.5 Å². The van der Waals surface area contributed by atoms with Gasteiger partial charge in [-0.2, -0.15) is 0 Å². The Labute approximate surface area is 162 Å². The van der Waals surface area contributed by atoms with Gasteiger partial charge in [0.2, 0.25) is 6.41 Å². The molecule has 0 radical (unpaired) electrons. The molecule has 0 spiro atoms. The van der Waals surface area contributed by atoms with E-state index in [2.05, 4.69) is 0 Å². The third-order valence-electron chi connectivity index (χ3n) is 4.59. The van der Waals surface area contributed by atoms with Crippen LogP contribution >= 0.6 is 0 Å². The van der Waals surface area contributed by atoms with E-state index in [4.69, 9.17) is 4.84 Å². The smallest absolute Gasteiger partial charge is 0.308 e. The van der Waals surface area contributed by atoms with Crippen molar-refractivity contribution < 1.29 is 28.3 Å². The summed E-state index contributed by atoms with van der Waals surface area (Å²) in [7, 11) is 0. The Morgan fingerprint density at radius 3 is 2.50 bits per heavy atom. The summed E-state index contributed by atoms with van der Waals surface area (Å²) < 4.78 is 26.9. The molecule has 7 heteroatoms. The molecule has 0 aromatic heterocycles. The highest BCUT2D eigenvalue weighted by molar-refractivity contribution is 5.71. The summed E-state index contributed by atoms with van der Waals surface area (Å²) in [5.41, 5.74) is 1.06. The molecule has 0 aliphatic rings. The Morgan fingerprint density at radius 2 is 1.93 bits per heavy atom. The third kappa shape index (κ3) is 5.85. The molecule has 28 heavy (non-hydrogen) atoms. The molecule has 0 aliphatic heterocycles. The van der Waals surface area contributed by atoms with Crippen LogP contribution in [-0.2, 0) is 27.5 Å². The highest BCUT2D eigenvalue weighted by Gasteiger charge is 2.32. The van der Waals surface area contributed by atoms with Crippen LogP contribution in [0.5, 0.6) is 0 Å². The molecule has 2 aromatic carbocycles. The summed E-state index contributed by atoms with van der Waals surface area (Å²) in [4.78, 5) is 28.9. The largest absolute Gasteiger partial charge is 0.481 e. The second kappa shape index (κ2) is 10.5. The van der Waals surface area contributed by atoms with E-state index in [0.717, 1.165) is 22.8 Å². The third-order valence-corrected chi connectivity index (χ3v) is 4.59. The summed E-state index contributed by atoms with van der Waals surface area (Å²) >= 11 is 0. The van der Waals surface area contributed by atoms with Gasteiger partial charge in [0.15, 0.2) is 0 Å². The molecule has 5 nitrogen and oxygen atoms in total. The first kappa shape index (κ1) is 21.5. The molecule has 0 bridgehead atoms. The number of carboxylic acid groups (broad SMARTS) is 1. The molecule has 2 atom stereocenters. The summed E-state index contributed by atoms with van der Waals surface area (Å²) in [5, 5.41) is 10.7. The van der Waals surface area contributed by atoms with Gasteiger partial charge < -0.3 is 5.11 Å². The monoisotopic (exact) mass is 391 g/mol. The lowest BCUT2D eigenvalue weighted by molar-refractivity contribution is -0.202. The number of carboxylic acids is 1. The number of amides is 1. The lowest BCUT2D eigenvalue weighted by atomic mass is 9.90. The van der Waals surface area contributed by atoms with Gasteiger partial charge in [-0.1, -0.05) is 43.3 Å². The maximum atomic E-state index is 13.8. The zero-order chi connectivity index (χ0) is 20.5. The lowest BCUT2D eigenvalue weighted by Crippen LogP contribution is -2.42. The van der Waals surface area contributed by atoms with Gasteiger partial charge in [-0.25, -0.2) is 13.8 Å². The summed E-state index contributed by atoms with van der Waals surface area (Å²) in [6.45, 7) is 1.87. The second-order valence-electron chi connectivity index (χ2n) is 6.42. The Kier molecular flexibility index (Phi) is 8.07. The van der Waals surface area contributed by atoms with Crippen molar-refractivity contribution in [3.63, 3.8) is 0 Å². The van der Waals surface area contributed by atoms with E-state index in [9.17, 15) is 23.5 Å². The molecular formula is C21H23F2NO4. The van der Waals surface area contributed by atoms with Gasteiger partial charge in [0.25, 0.3) is 0 Å². The summed E-state index contributed by atoms with van der Waals surface area (Å²) in [6.07, 6.45) is 0.988. The average molecular weight is 391 g/mol. The summed E-state index contributed by atoms with van der Waals surface area (Å²) in [5.74, 6) is -3.48. The van der Waals surface area contributed by atoms with Crippen LogP contribution < -0.4 is 0 Å². The van der Waals surface area contributed by atoms with Crippen molar-refractivity contribution >= 4 is 12.4 Å². The van der Waals surface area contributed by atoms with Crippen molar-refractivity contribution in [1.82, 2.24) is 5.06 Å². The van der Waals surface area contributed by atoms with Gasteiger partial charge in [0, 0.05) is 6.07 Å². The van der Waals surface area contributed by atoms with Gasteiger partial charge in [-0.15, -0.1) is 0 Å². The van der Waals surface area contributed by atoms with Gasteiger partial charge in [0.1, 0.15) is 18.2 Å². The van der Waals surface area contributed by atoms with Crippen LogP contribution in [0.3, 0.4) is 0 Å². The quantitative estimate of drug-likeness (QED) is 0.465. The fraction of sp³-hybridized carbons (Fsp3) is 0.333. The Balaban J connectivity index is 2.08. The SMILES string of the molecule is CC[C@H]([C@@H](CCc1ccc(F)cc1F)C(=O)O)N(C=O)OCc1ccccc1. The van der Waals surface area contributed by atoms with E-state index in [1.165, 1.54) is 6.07 Å². The maximum Gasteiger partial charge on any atom is 0.308 e. The van der Waals surface area contributed by atoms with Crippen LogP contribution in [0.4, 0.5) is 8.78 Å². The fourth-order valence-corrected chi connectivity index (χ4v) is 3.09. The first-order valence-corrected chi connectivity index (χ1v) is 9.03. The van der Waals surface area contributed by atoms with Gasteiger partial charge in [-0.05, 0) is 36.5 Å². The van der Waals surface area contributed by atoms with Crippen molar-refractivity contribution in [3.05, 3.63) is 71.3 Å². The van der Waals surface area contributed by atoms with E-state index >= 15 is 0 Å². The van der Waals surface area contributed by atoms with Crippen LogP contribution in [0.1, 0.15) is 30.9 Å². The normalized spacial score (nSPS) is 13.0. The number of nitrogens with zero attached hydrogens (tertiary/aromatic N) is 1. The highest BCUT2D eigenvalue weighted by Crippen LogP contribution is 2.23. The fourth-order valence-electron chi connectivity index (χ4n) is 3.09. The highest BCUT2D eigenvalue weighted by atomic mass is 19.1. The summed E-state index contributed by atoms with van der Waals surface area (Å²) in [6, 6.07) is 11.7. The van der Waals surface area contributed by atoms with Gasteiger partial charge >= 0.3 is 5.97 Å². The van der Waals surface area contributed by atoms with Crippen molar-refractivity contribution in [2.75, 3.05) is 0 Å². The van der Waals surface area contributed by atoms with E-state index in [-0.39, 0.29) is 25.0 Å². The second-order valence-corrected chi connectivity index (χ2v) is 6.42. The standard InChI is InChI=1S/C21H23F2NO4/c1-2-20(24(14-25)28-13-15-6-4-3-5-7-15)18(21(26)27)11-9-16-8-10-17(22)12-19(16)23/h3-8,10,12,14,18,20H,2,9,11,13H2,1H3,(H,26,27)/t18-,20-/m1/s1. The van der Waals surface area contributed by atoms with E-state index < -0.39 is 29.6 Å². The van der Waals surface area contributed by atoms with E-state index in [1.807, 2.05) is 30.3 Å². The molecule has 0 fully saturated rings. The topological polar surface area (TPSA) is 66.8 Å². The van der Waals surface area contributed by atoms with Crippen LogP contribution in [0.2, 0.25) is 0 Å². The van der Waals surface area contributed by atoms with Crippen LogP contribution in [0, 0.1) is 17.6 Å². The lowest BCUT2D eigenvalue weighted by Gasteiger charge is -2.31. The molecule has 0 saturated heterocycles. The molecule has 1 N–H and O–H groups in total. The molecule has 2 rings (SSSR count). The number of benzene rings is 2. The molecule has 0 aliphatic carbocycles. The van der Waals surface area contributed by atoms with Crippen LogP contribution in [-0.4, -0.2) is 28.6 Å². The number of carbonyl (C=O) groups is 2. The Bertz CT molecular complexity index is 785. The van der Waals surface area contributed by atoms with Crippen LogP contribution in [0.25, 0.3) is 0 Å². The number of halogens is 2. The van der Waals surface area contributed by atoms with Gasteiger partial charge in [0.05, 0.1) is 12.0 Å². The Hall–Kier alpha value is -2.80. The first-order valence-electron chi connectivity index (χ1n) is 9.03. The minimum absolute atomic E-state index is 0.0788. The molecular weight excluding hydrogens is 368 g/mol. The number of hydroxylamine groups is 2. The number of aryl methyl sites for hydroxylation is 1. The zero-order valence-electron chi connectivity index (χ0n) is 15.6. The number of rotatable bonds is 11. The molecule has 0 unspecified atom stereocenters. The van der Waals surface area contributed by atoms with Crippen molar-refractivity contribution in [2.45, 2.75) is 38.8 Å². The predicted molar refractivity (Wildman–Crippen MR) is 99.0 cm³/mol. The van der Waals surface area contributed by atoms with E-state index in [1.54, 1.807) is 6.92 Å². The number of hydrogen-bond acceptors (Lipinski definition) is 3. The van der Waals surface area contributed by atoms with Gasteiger partial charge in [-0.3, -0.25) is 14.4 Å². The average Bonchev–Trinajstić information content (AvgIpc) is 2.68. The Morgan fingerprint density at radius 1 is 1.21 bits per heavy atom. The van der Waals surface area contributed by atoms with Crippen molar-refractivity contribution in [3.8, 4) is 0 Å². The minimum atomic E-state index is -1.11. The van der Waals surface area contributed by atoms with Crippen molar-refractivity contribution in [1.29, 1.82) is 0 Å². The molecule has 0 heterocycles. The number of carbonyl (C=O) groups excluding carboxylic acids is 1. The first-order chi connectivity index (χ1) is 13.5. The molecule has 0 saturated carbocycles. The minimum Gasteiger partial charge on any atom is -0.481 e. The maximum absolute atomic E-state index is 13.8. The van der Waals surface area contributed by atoms with Crippen molar-refractivity contribution in [2.24, 2.45) is 5.92 Å². The predicted octanol–water partition coefficient (Wildman–Crippen LogP) is 3.97.